The zero-order chi connectivity index (χ0) is 71.2. The zero-order valence-corrected chi connectivity index (χ0v) is 71.2. The van der Waals surface area contributed by atoms with Crippen molar-refractivity contribution in [3.05, 3.63) is 0 Å². The Morgan fingerprint density at radius 2 is 0.667 bits per heavy atom. The summed E-state index contributed by atoms with van der Waals surface area (Å²) >= 11 is 0. The van der Waals surface area contributed by atoms with Crippen molar-refractivity contribution in [1.29, 1.82) is 0 Å². The lowest BCUT2D eigenvalue weighted by atomic mass is 9.56. The average Bonchev–Trinajstić information content (AvgIpc) is 1.67. The van der Waals surface area contributed by atoms with Crippen LogP contribution < -0.4 is 0 Å². The van der Waals surface area contributed by atoms with E-state index in [9.17, 15) is 0 Å². The maximum absolute atomic E-state index is 2.47. The first-order chi connectivity index (χ1) is 42.1. The predicted octanol–water partition coefficient (Wildman–Crippen LogP) is 31.5. The van der Waals surface area contributed by atoms with Crippen molar-refractivity contribution in [2.24, 2.45) is 160 Å². The summed E-state index contributed by atoms with van der Waals surface area (Å²) in [5, 5.41) is 0. The Morgan fingerprint density at radius 1 is 0.290 bits per heavy atom. The Kier molecular flexibility index (Phi) is 30.7. The van der Waals surface area contributed by atoms with E-state index in [1.807, 2.05) is 0 Å². The van der Waals surface area contributed by atoms with E-state index in [2.05, 4.69) is 235 Å². The SMILES string of the molecule is CC1(C)CC(C)(C)CC(C)(C)C1.CC1C(C)(C)CCCC1(C)C.CC1C2CCC(C2)[C@H]1C.CC1CC(C)(C)CC(C)(C)C1.CC1CCC(C)(C)CC1.CCC1C2CCC(C2)C1C.CCC1CC(C)(C)CC(C)(C)C1.C[C@@H]1C2CCC(C2)C1(C)C.C[C@@H]1CCCCC1(C)C. The van der Waals surface area contributed by atoms with E-state index in [0.29, 0.717) is 65.0 Å². The van der Waals surface area contributed by atoms with Crippen LogP contribution in [0.4, 0.5) is 0 Å². The van der Waals surface area contributed by atoms with Gasteiger partial charge in [-0.25, -0.2) is 0 Å². The molecule has 0 aromatic rings. The van der Waals surface area contributed by atoms with Crippen LogP contribution in [0.15, 0.2) is 0 Å². The van der Waals surface area contributed by atoms with E-state index >= 15 is 0 Å². The molecule has 12 saturated carbocycles. The summed E-state index contributed by atoms with van der Waals surface area (Å²) in [5.41, 5.74) is 7.09. The molecule has 0 saturated heterocycles. The molecule has 12 aliphatic rings. The normalized spacial score (nSPS) is 37.5. The van der Waals surface area contributed by atoms with Crippen LogP contribution in [0.25, 0.3) is 0 Å². The maximum Gasteiger partial charge on any atom is -0.0297 e. The quantitative estimate of drug-likeness (QED) is 0.259. The summed E-state index contributed by atoms with van der Waals surface area (Å²) in [6.45, 7) is 82.0. The molecule has 0 radical (unpaired) electrons. The molecule has 12 aliphatic carbocycles. The molecule has 12 atom stereocenters. The van der Waals surface area contributed by atoms with Crippen LogP contribution in [0.1, 0.15) is 434 Å². The minimum Gasteiger partial charge on any atom is -0.0651 e. The predicted molar refractivity (Wildman–Crippen MR) is 421 cm³/mol. The summed E-state index contributed by atoms with van der Waals surface area (Å²) < 4.78 is 0. The Labute approximate surface area is 590 Å². The summed E-state index contributed by atoms with van der Waals surface area (Å²) in [7, 11) is 0. The van der Waals surface area contributed by atoms with Crippen molar-refractivity contribution in [2.75, 3.05) is 0 Å². The highest BCUT2D eigenvalue weighted by Crippen LogP contribution is 2.60. The Morgan fingerprint density at radius 3 is 0.935 bits per heavy atom. The zero-order valence-electron chi connectivity index (χ0n) is 71.2. The van der Waals surface area contributed by atoms with Crippen molar-refractivity contribution >= 4 is 0 Å². The third-order valence-electron chi connectivity index (χ3n) is 30.8. The molecule has 0 aromatic carbocycles. The largest absolute Gasteiger partial charge is 0.0651 e. The van der Waals surface area contributed by atoms with Gasteiger partial charge in [0.2, 0.25) is 0 Å². The van der Waals surface area contributed by atoms with Crippen LogP contribution in [-0.4, -0.2) is 0 Å². The fourth-order valence-corrected chi connectivity index (χ4v) is 25.9. The van der Waals surface area contributed by atoms with E-state index in [1.165, 1.54) is 173 Å². The van der Waals surface area contributed by atoms with Crippen molar-refractivity contribution in [3.8, 4) is 0 Å². The van der Waals surface area contributed by atoms with E-state index in [0.717, 1.165) is 94.7 Å². The van der Waals surface area contributed by atoms with Crippen molar-refractivity contribution in [3.63, 3.8) is 0 Å². The van der Waals surface area contributed by atoms with Crippen LogP contribution >= 0.6 is 0 Å². The van der Waals surface area contributed by atoms with Gasteiger partial charge in [0, 0.05) is 0 Å². The van der Waals surface area contributed by atoms with Gasteiger partial charge in [-0.05, 0) is 307 Å². The Bertz CT molecular complexity index is 2010. The molecule has 0 nitrogen and oxygen atoms in total. The molecule has 552 valence electrons. The van der Waals surface area contributed by atoms with Crippen LogP contribution in [-0.2, 0) is 0 Å². The molecule has 0 heterocycles. The van der Waals surface area contributed by atoms with Crippen LogP contribution in [0.3, 0.4) is 0 Å². The third kappa shape index (κ3) is 26.7. The van der Waals surface area contributed by atoms with Crippen LogP contribution in [0.5, 0.6) is 0 Å². The van der Waals surface area contributed by atoms with Gasteiger partial charge in [-0.15, -0.1) is 0 Å². The summed E-state index contributed by atoms with van der Waals surface area (Å²) in [4.78, 5) is 0. The fourth-order valence-electron chi connectivity index (χ4n) is 25.9. The molecule has 0 N–H and O–H groups in total. The van der Waals surface area contributed by atoms with Gasteiger partial charge in [0.05, 0.1) is 0 Å². The van der Waals surface area contributed by atoms with Crippen molar-refractivity contribution in [1.82, 2.24) is 0 Å². The van der Waals surface area contributed by atoms with Gasteiger partial charge < -0.3 is 0 Å². The van der Waals surface area contributed by atoms with E-state index in [-0.39, 0.29) is 0 Å². The first-order valence-electron chi connectivity index (χ1n) is 42.1. The molecule has 6 bridgehead atoms. The van der Waals surface area contributed by atoms with Gasteiger partial charge in [0.1, 0.15) is 0 Å². The second kappa shape index (κ2) is 33.4. The highest BCUT2D eigenvalue weighted by Gasteiger charge is 2.51. The molecule has 9 unspecified atom stereocenters. The molecule has 0 aromatic heterocycles. The summed E-state index contributed by atoms with van der Waals surface area (Å²) in [6, 6.07) is 0. The lowest BCUT2D eigenvalue weighted by molar-refractivity contribution is 0.0202. The molecular weight excluding hydrogens is 1120 g/mol. The molecule has 0 heteroatoms. The van der Waals surface area contributed by atoms with Crippen LogP contribution in [0, 0.1) is 160 Å². The highest BCUT2D eigenvalue weighted by molar-refractivity contribution is 5.00. The molecule has 0 spiro atoms. The van der Waals surface area contributed by atoms with Crippen molar-refractivity contribution in [2.45, 2.75) is 434 Å². The molecule has 12 rings (SSSR count). The summed E-state index contributed by atoms with van der Waals surface area (Å²) in [6.07, 6.45) is 45.1. The van der Waals surface area contributed by atoms with Gasteiger partial charge in [0.25, 0.3) is 0 Å². The summed E-state index contributed by atoms with van der Waals surface area (Å²) in [5.74, 6) is 16.6. The fraction of sp³-hybridized carbons (Fsp3) is 1.00. The van der Waals surface area contributed by atoms with Crippen LogP contribution in [0.2, 0.25) is 0 Å². The molecule has 12 fully saturated rings. The lowest BCUT2D eigenvalue weighted by Crippen LogP contribution is -2.38. The second-order valence-electron chi connectivity index (χ2n) is 46.5. The maximum atomic E-state index is 2.47. The Balaban J connectivity index is 0.000000223. The number of rotatable bonds is 2. The Hall–Kier alpha value is 0. The second-order valence-corrected chi connectivity index (χ2v) is 46.5. The molecule has 93 heavy (non-hydrogen) atoms. The van der Waals surface area contributed by atoms with E-state index in [1.54, 1.807) is 25.7 Å². The van der Waals surface area contributed by atoms with Gasteiger partial charge >= 0.3 is 0 Å². The molecular formula is C93H180. The smallest absolute Gasteiger partial charge is 0.0297 e. The highest BCUT2D eigenvalue weighted by atomic mass is 14.6. The number of fused-ring (bicyclic) bond motifs is 6. The van der Waals surface area contributed by atoms with Gasteiger partial charge in [-0.2, -0.15) is 0 Å². The topological polar surface area (TPSA) is 0 Å². The van der Waals surface area contributed by atoms with Gasteiger partial charge in [-0.3, -0.25) is 0 Å². The lowest BCUT2D eigenvalue weighted by Gasteiger charge is -2.49. The monoisotopic (exact) mass is 1300 g/mol. The van der Waals surface area contributed by atoms with Crippen molar-refractivity contribution < 1.29 is 0 Å². The standard InChI is InChI=1S/2C12H24.2C11H22.2C10H18.C9H16.2C9H18/c1-10(2)7-11(3,4)9-12(5,6)8-10;1-6-10-7-11(2,3)9-12(4,5)8-10;1-9-6-10(2,3)8-11(4,5)7-9;1-9-10(2,3)7-6-8-11(9,4)5;1-7-8-4-5-9(6-8)10(7,2)3;1-3-10-7(2)8-4-5-9(10)6-8;1-6-7(2)9-4-3-8(6)5-9;1-8-4-6-9(2,3)7-5-8;1-8-6-4-5-7-9(8,2)3/h7-9H2,1-6H3;10H,6-9H2,1-5H3;2*9H,6-8H2,1-5H3;7-9H,4-6H2,1-3H3;7-10H,3-6H2,1-2H3;6-9H,3-5H2,1-2H3;2*8H,4-7H2,1-3H3/t;;;;7-,8?,9?;;6-,7?,8?,9?;;8-/m....1.0.1/s1. The van der Waals surface area contributed by atoms with Gasteiger partial charge in [0.15, 0.2) is 0 Å². The average molecular weight is 1300 g/mol. The molecule has 0 amide bonds. The first kappa shape index (κ1) is 85.4. The number of hydrogen-bond acceptors (Lipinski definition) is 0. The molecule has 0 aliphatic heterocycles. The minimum atomic E-state index is 0.547. The first-order valence-corrected chi connectivity index (χ1v) is 42.1. The third-order valence-corrected chi connectivity index (χ3v) is 30.8. The number of hydrogen-bond donors (Lipinski definition) is 0. The van der Waals surface area contributed by atoms with E-state index < -0.39 is 0 Å². The van der Waals surface area contributed by atoms with Gasteiger partial charge in [-0.1, -0.05) is 287 Å². The van der Waals surface area contributed by atoms with E-state index in [4.69, 9.17) is 0 Å². The minimum absolute atomic E-state index is 0.547.